The number of hydrogen-bond donors (Lipinski definition) is 12. The highest BCUT2D eigenvalue weighted by Crippen LogP contribution is 2.39. The molecule has 12 N–H and O–H groups in total. The third kappa shape index (κ3) is 17.4. The van der Waals surface area contributed by atoms with E-state index in [9.17, 15) is 83.7 Å². The Kier molecular flexibility index (Phi) is 24.9. The predicted molar refractivity (Wildman–Crippen MR) is 353 cm³/mol. The number of rotatable bonds is 33. The van der Waals surface area contributed by atoms with Crippen LogP contribution in [0.2, 0.25) is 0 Å². The number of thioether (sulfide) groups is 2. The van der Waals surface area contributed by atoms with Gasteiger partial charge in [-0.1, -0.05) is 72.8 Å². The zero-order chi connectivity index (χ0) is 69.7. The lowest BCUT2D eigenvalue weighted by molar-refractivity contribution is -0.310. The molecule has 12 atom stereocenters. The molecule has 0 saturated carbocycles. The first kappa shape index (κ1) is 73.2. The SMILES string of the molecule is CC(=O)N[C@H]1[C@H]([C@H](O)[C@H](O)CNC(=O)c2ccc3c(c2)C(=O)c2ccccc2-3)O[C@](C=O)(OCCCSCCNC(=O)c2ccc(C(=O)CCCSCCCO[C@]3(C(=O)O)C[C@H](O)[C@@H](NC(C)=O)[C@H]([C@H](O)[C@@H](O)CNC(=O)c4ccc5c(c4)C(=O)c4ccccc4-5)O3)cc2)C[C@@H]1O. The van der Waals surface area contributed by atoms with Gasteiger partial charge >= 0.3 is 5.97 Å². The van der Waals surface area contributed by atoms with E-state index in [2.05, 4.69) is 26.6 Å². The number of fused-ring (bicyclic) bond motifs is 6. The number of hydrogen-bond acceptors (Lipinski definition) is 22. The summed E-state index contributed by atoms with van der Waals surface area (Å²) in [6.45, 7) is 1.26. The molecule has 28 heteroatoms. The van der Waals surface area contributed by atoms with Gasteiger partial charge in [0, 0.05) is 103 Å². The number of carbonyl (C=O) groups is 10. The molecule has 0 radical (unpaired) electrons. The first-order chi connectivity index (χ1) is 46.4. The summed E-state index contributed by atoms with van der Waals surface area (Å²) in [6.07, 6.45) is -13.2. The highest BCUT2D eigenvalue weighted by Gasteiger charge is 2.56. The average Bonchev–Trinajstić information content (AvgIpc) is 1.74. The number of carbonyl (C=O) groups excluding carboxylic acids is 9. The molecule has 2 heterocycles. The highest BCUT2D eigenvalue weighted by molar-refractivity contribution is 7.99. The van der Waals surface area contributed by atoms with Crippen molar-refractivity contribution in [2.45, 2.75) is 125 Å². The van der Waals surface area contributed by atoms with Gasteiger partial charge in [0.2, 0.25) is 17.6 Å². The number of amides is 5. The highest BCUT2D eigenvalue weighted by atomic mass is 32.2. The van der Waals surface area contributed by atoms with Crippen molar-refractivity contribution in [3.63, 3.8) is 0 Å². The number of carboxylic acid groups (broad SMARTS) is 1. The molecule has 2 aliphatic carbocycles. The Morgan fingerprint density at radius 3 is 1.48 bits per heavy atom. The summed E-state index contributed by atoms with van der Waals surface area (Å²) in [5.74, 6) is -7.79. The Hall–Kier alpha value is -8.10. The maximum absolute atomic E-state index is 13.2. The van der Waals surface area contributed by atoms with Crippen LogP contribution in [0.4, 0.5) is 0 Å². The smallest absolute Gasteiger partial charge is 0.364 e. The number of aliphatic carboxylic acids is 1. The second-order valence-electron chi connectivity index (χ2n) is 23.9. The van der Waals surface area contributed by atoms with Gasteiger partial charge in [0.15, 0.2) is 23.6 Å². The van der Waals surface area contributed by atoms with Crippen LogP contribution in [0.5, 0.6) is 0 Å². The Balaban J connectivity index is 0.645. The van der Waals surface area contributed by atoms with Crippen LogP contribution in [-0.2, 0) is 38.1 Å². The van der Waals surface area contributed by atoms with Crippen LogP contribution in [0, 0.1) is 0 Å². The molecule has 0 unspecified atom stereocenters. The predicted octanol–water partition coefficient (Wildman–Crippen LogP) is 2.37. The van der Waals surface area contributed by atoms with Gasteiger partial charge in [0.25, 0.3) is 23.5 Å². The van der Waals surface area contributed by atoms with E-state index in [0.29, 0.717) is 93.1 Å². The first-order valence-corrected chi connectivity index (χ1v) is 33.9. The van der Waals surface area contributed by atoms with Crippen LogP contribution in [0.1, 0.15) is 126 Å². The molecule has 5 amide bonds. The summed E-state index contributed by atoms with van der Waals surface area (Å²) in [5, 5.41) is 90.4. The number of ether oxygens (including phenoxy) is 4. The van der Waals surface area contributed by atoms with Gasteiger partial charge in [0.05, 0.1) is 49.7 Å². The van der Waals surface area contributed by atoms with Crippen LogP contribution in [0.25, 0.3) is 22.3 Å². The normalized spacial score (nSPS) is 22.7. The van der Waals surface area contributed by atoms with Gasteiger partial charge in [-0.15, -0.1) is 0 Å². The van der Waals surface area contributed by atoms with E-state index in [1.165, 1.54) is 54.7 Å². The summed E-state index contributed by atoms with van der Waals surface area (Å²) < 4.78 is 23.4. The molecule has 26 nitrogen and oxygen atoms in total. The van der Waals surface area contributed by atoms with Gasteiger partial charge in [0.1, 0.15) is 24.4 Å². The summed E-state index contributed by atoms with van der Waals surface area (Å²) in [4.78, 5) is 128. The fourth-order valence-corrected chi connectivity index (χ4v) is 13.7. The number of carboxylic acids is 1. The summed E-state index contributed by atoms with van der Waals surface area (Å²) in [6, 6.07) is 26.8. The molecule has 5 aromatic carbocycles. The van der Waals surface area contributed by atoms with Crippen molar-refractivity contribution in [1.82, 2.24) is 26.6 Å². The van der Waals surface area contributed by atoms with Crippen molar-refractivity contribution in [3.05, 3.63) is 154 Å². The van der Waals surface area contributed by atoms with Gasteiger partial charge in [-0.05, 0) is 95.2 Å². The van der Waals surface area contributed by atoms with E-state index in [-0.39, 0.29) is 60.6 Å². The Labute approximate surface area is 565 Å². The van der Waals surface area contributed by atoms with E-state index < -0.39 is 128 Å². The summed E-state index contributed by atoms with van der Waals surface area (Å²) >= 11 is 2.95. The summed E-state index contributed by atoms with van der Waals surface area (Å²) in [5.41, 5.74) is 5.47. The maximum Gasteiger partial charge on any atom is 0.364 e. The number of aldehydes is 1. The second kappa shape index (κ2) is 33.0. The lowest BCUT2D eigenvalue weighted by atomic mass is 9.88. The van der Waals surface area contributed by atoms with Gasteiger partial charge in [-0.25, -0.2) is 4.79 Å². The van der Waals surface area contributed by atoms with Crippen molar-refractivity contribution < 1.29 is 103 Å². The molecule has 2 aliphatic heterocycles. The van der Waals surface area contributed by atoms with E-state index in [4.69, 9.17) is 18.9 Å². The first-order valence-electron chi connectivity index (χ1n) is 31.6. The molecular formula is C69H77N5O21S2. The standard InChI is InChI=1S/C69H77N5O21S2/c1-37(76)73-56-52(79)32-68(36-75,94-62(56)60(85)54(81)34-71-65(88)41-19-21-45-43-10-3-5-12-47(43)58(83)49(45)30-41)92-24-8-28-97-29-23-70-64(87)40-17-15-39(16-18-40)51(78)14-7-26-96-27-9-25-93-69(67(90)91)33-53(80)57(74-38(2)77)63(95-69)61(86)55(82)35-72-66(89)42-20-22-46-44-11-4-6-13-48(44)59(84)50(46)31-42/h3-6,10-13,15-22,30-31,36,52-57,60-63,79-82,85-86H,7-9,14,23-29,32-35H2,1-2H3,(H,70,87)(H,71,88)(H,72,89)(H,73,76)(H,74,77)(H,90,91)/t52-,53-,54+,55-,56+,57+,60+,61+,62+,63+,68+,69+/m0/s1. The molecule has 0 aromatic heterocycles. The molecular weight excluding hydrogens is 1300 g/mol. The number of benzene rings is 5. The quantitative estimate of drug-likeness (QED) is 0.0160. The minimum Gasteiger partial charge on any atom is -0.477 e. The van der Waals surface area contributed by atoms with Crippen molar-refractivity contribution >= 4 is 82.7 Å². The van der Waals surface area contributed by atoms with Gasteiger partial charge in [-0.2, -0.15) is 23.5 Å². The Bertz CT molecular complexity index is 3760. The number of aliphatic hydroxyl groups excluding tert-OH is 6. The molecule has 2 saturated heterocycles. The monoisotopic (exact) mass is 1380 g/mol. The van der Waals surface area contributed by atoms with Crippen molar-refractivity contribution in [2.75, 3.05) is 55.9 Å². The van der Waals surface area contributed by atoms with Crippen molar-refractivity contribution in [1.29, 1.82) is 0 Å². The molecule has 5 aromatic rings. The fourth-order valence-electron chi connectivity index (χ4n) is 12.1. The van der Waals surface area contributed by atoms with E-state index >= 15 is 0 Å². The third-order valence-electron chi connectivity index (χ3n) is 17.0. The minimum absolute atomic E-state index is 0.0468. The van der Waals surface area contributed by atoms with Crippen LogP contribution in [-0.4, -0.2) is 223 Å². The van der Waals surface area contributed by atoms with E-state index in [1.54, 1.807) is 78.9 Å². The second-order valence-corrected chi connectivity index (χ2v) is 26.4. The Morgan fingerprint density at radius 1 is 0.546 bits per heavy atom. The fraction of sp³-hybridized carbons (Fsp3) is 0.420. The Morgan fingerprint density at radius 2 is 0.979 bits per heavy atom. The van der Waals surface area contributed by atoms with E-state index in [1.807, 2.05) is 6.07 Å². The molecule has 0 bridgehead atoms. The molecule has 97 heavy (non-hydrogen) atoms. The van der Waals surface area contributed by atoms with Crippen LogP contribution >= 0.6 is 23.5 Å². The molecule has 9 rings (SSSR count). The van der Waals surface area contributed by atoms with Crippen molar-refractivity contribution in [2.24, 2.45) is 0 Å². The number of ketones is 3. The van der Waals surface area contributed by atoms with Crippen LogP contribution in [0.15, 0.2) is 109 Å². The molecule has 0 spiro atoms. The van der Waals surface area contributed by atoms with Gasteiger partial charge < -0.3 is 81.3 Å². The molecule has 4 aliphatic rings. The largest absolute Gasteiger partial charge is 0.477 e. The van der Waals surface area contributed by atoms with Crippen LogP contribution in [0.3, 0.4) is 0 Å². The lowest BCUT2D eigenvalue weighted by Gasteiger charge is -2.46. The number of Topliss-reactive ketones (excluding diaryl/α,β-unsaturated/α-hetero) is 1. The maximum atomic E-state index is 13.2. The molecule has 2 fully saturated rings. The third-order valence-corrected chi connectivity index (χ3v) is 19.3. The van der Waals surface area contributed by atoms with E-state index in [0.717, 1.165) is 18.1 Å². The lowest BCUT2D eigenvalue weighted by Crippen LogP contribution is -2.68. The zero-order valence-corrected chi connectivity index (χ0v) is 54.6. The number of aliphatic hydroxyl groups is 6. The number of nitrogens with one attached hydrogen (secondary N) is 5. The topological polar surface area (TPSA) is 409 Å². The minimum atomic E-state index is -2.51. The zero-order valence-electron chi connectivity index (χ0n) is 53.0. The van der Waals surface area contributed by atoms with Crippen molar-refractivity contribution in [3.8, 4) is 22.3 Å². The average molecular weight is 1380 g/mol. The summed E-state index contributed by atoms with van der Waals surface area (Å²) in [7, 11) is 0. The molecule has 516 valence electrons. The van der Waals surface area contributed by atoms with Gasteiger partial charge in [-0.3, -0.25) is 43.2 Å². The van der Waals surface area contributed by atoms with Crippen LogP contribution < -0.4 is 26.6 Å².